The molecule has 2 rings (SSSR count). The van der Waals surface area contributed by atoms with Gasteiger partial charge in [0.2, 0.25) is 0 Å². The average Bonchev–Trinajstić information content (AvgIpc) is 2.50. The molecule has 0 saturated carbocycles. The van der Waals surface area contributed by atoms with E-state index in [1.807, 2.05) is 45.9 Å². The van der Waals surface area contributed by atoms with Crippen LogP contribution in [0, 0.1) is 13.8 Å². The molecule has 0 aromatic heterocycles. The number of hydrazone groups is 1. The highest BCUT2D eigenvalue weighted by Crippen LogP contribution is 2.13. The second kappa shape index (κ2) is 7.58. The van der Waals surface area contributed by atoms with Crippen LogP contribution in [-0.2, 0) is 0 Å². The van der Waals surface area contributed by atoms with Crippen LogP contribution in [0.4, 0.5) is 0 Å². The van der Waals surface area contributed by atoms with Crippen LogP contribution in [0.1, 0.15) is 40.9 Å². The molecule has 0 radical (unpaired) electrons. The largest absolute Gasteiger partial charge is 0.491 e. The van der Waals surface area contributed by atoms with Gasteiger partial charge in [-0.2, -0.15) is 5.10 Å². The molecule has 0 atom stereocenters. The molecule has 1 amide bonds. The Labute approximate surface area is 137 Å². The Morgan fingerprint density at radius 3 is 2.48 bits per heavy atom. The summed E-state index contributed by atoms with van der Waals surface area (Å²) in [7, 11) is 0. The number of nitrogens with one attached hydrogen (secondary N) is 1. The molecule has 4 nitrogen and oxygen atoms in total. The highest BCUT2D eigenvalue weighted by atomic mass is 16.5. The first-order chi connectivity index (χ1) is 11.0. The summed E-state index contributed by atoms with van der Waals surface area (Å²) >= 11 is 0. The molecule has 0 fully saturated rings. The number of carbonyl (C=O) groups is 1. The predicted molar refractivity (Wildman–Crippen MR) is 93.2 cm³/mol. The van der Waals surface area contributed by atoms with E-state index in [0.29, 0.717) is 5.56 Å². The maximum Gasteiger partial charge on any atom is 0.271 e. The summed E-state index contributed by atoms with van der Waals surface area (Å²) in [6, 6.07) is 13.1. The van der Waals surface area contributed by atoms with Gasteiger partial charge in [-0.05, 0) is 63.1 Å². The van der Waals surface area contributed by atoms with Gasteiger partial charge in [0.1, 0.15) is 5.75 Å². The number of ether oxygens (including phenoxy) is 1. The van der Waals surface area contributed by atoms with Crippen molar-refractivity contribution in [2.75, 3.05) is 0 Å². The number of hydrogen-bond acceptors (Lipinski definition) is 3. The number of hydrogen-bond donors (Lipinski definition) is 1. The van der Waals surface area contributed by atoms with Gasteiger partial charge < -0.3 is 4.74 Å². The van der Waals surface area contributed by atoms with Gasteiger partial charge in [-0.3, -0.25) is 4.79 Å². The maximum absolute atomic E-state index is 12.1. The average molecular weight is 310 g/mol. The van der Waals surface area contributed by atoms with Gasteiger partial charge in [0.25, 0.3) is 5.91 Å². The SMILES string of the molecule is Cc1ccc(C)c(/C=N\NC(=O)c2ccc(OC(C)C)cc2)c1. The normalized spacial score (nSPS) is 11.0. The Balaban J connectivity index is 1.99. The zero-order chi connectivity index (χ0) is 16.8. The number of rotatable bonds is 5. The molecule has 0 heterocycles. The first-order valence-electron chi connectivity index (χ1n) is 7.63. The van der Waals surface area contributed by atoms with Crippen molar-refractivity contribution in [1.29, 1.82) is 0 Å². The smallest absolute Gasteiger partial charge is 0.271 e. The molecular formula is C19H22N2O2. The highest BCUT2D eigenvalue weighted by molar-refractivity contribution is 5.95. The van der Waals surface area contributed by atoms with Crippen molar-refractivity contribution < 1.29 is 9.53 Å². The lowest BCUT2D eigenvalue weighted by Gasteiger charge is -2.09. The third-order valence-electron chi connectivity index (χ3n) is 3.29. The zero-order valence-corrected chi connectivity index (χ0v) is 14.0. The minimum absolute atomic E-state index is 0.108. The van der Waals surface area contributed by atoms with Crippen LogP contribution in [0.3, 0.4) is 0 Å². The van der Waals surface area contributed by atoms with Crippen molar-refractivity contribution in [3.05, 3.63) is 64.7 Å². The number of nitrogens with zero attached hydrogens (tertiary/aromatic N) is 1. The summed E-state index contributed by atoms with van der Waals surface area (Å²) < 4.78 is 5.55. The molecule has 4 heteroatoms. The Bertz CT molecular complexity index is 704. The molecular weight excluding hydrogens is 288 g/mol. The lowest BCUT2D eigenvalue weighted by Crippen LogP contribution is -2.17. The third-order valence-corrected chi connectivity index (χ3v) is 3.29. The van der Waals surface area contributed by atoms with E-state index in [1.54, 1.807) is 30.5 Å². The lowest BCUT2D eigenvalue weighted by atomic mass is 10.1. The first kappa shape index (κ1) is 16.7. The van der Waals surface area contributed by atoms with Crippen LogP contribution in [-0.4, -0.2) is 18.2 Å². The molecule has 1 N–H and O–H groups in total. The monoisotopic (exact) mass is 310 g/mol. The van der Waals surface area contributed by atoms with Crippen LogP contribution < -0.4 is 10.2 Å². The van der Waals surface area contributed by atoms with Crippen LogP contribution in [0.15, 0.2) is 47.6 Å². The van der Waals surface area contributed by atoms with Gasteiger partial charge in [-0.25, -0.2) is 5.43 Å². The Morgan fingerprint density at radius 2 is 1.83 bits per heavy atom. The topological polar surface area (TPSA) is 50.7 Å². The summed E-state index contributed by atoms with van der Waals surface area (Å²) in [5.74, 6) is 0.498. The molecule has 0 spiro atoms. The Morgan fingerprint density at radius 1 is 1.13 bits per heavy atom. The summed E-state index contributed by atoms with van der Waals surface area (Å²) in [5.41, 5.74) is 6.35. The second-order valence-corrected chi connectivity index (χ2v) is 5.75. The maximum atomic E-state index is 12.1. The quantitative estimate of drug-likeness (QED) is 0.673. The van der Waals surface area contributed by atoms with Crippen molar-refractivity contribution >= 4 is 12.1 Å². The molecule has 0 unspecified atom stereocenters. The van der Waals surface area contributed by atoms with Crippen LogP contribution in [0.2, 0.25) is 0 Å². The standard InChI is InChI=1S/C19H22N2O2/c1-13(2)23-18-9-7-16(8-10-18)19(22)21-20-12-17-11-14(3)5-6-15(17)4/h5-13H,1-4H3,(H,21,22)/b20-12-. The minimum atomic E-state index is -0.248. The van der Waals surface area contributed by atoms with Crippen molar-refractivity contribution in [1.82, 2.24) is 5.43 Å². The Kier molecular flexibility index (Phi) is 5.52. The van der Waals surface area contributed by atoms with Gasteiger partial charge in [-0.15, -0.1) is 0 Å². The number of benzene rings is 2. The van der Waals surface area contributed by atoms with E-state index in [4.69, 9.17) is 4.74 Å². The number of aryl methyl sites for hydroxylation is 2. The van der Waals surface area contributed by atoms with E-state index in [2.05, 4.69) is 10.5 Å². The lowest BCUT2D eigenvalue weighted by molar-refractivity contribution is 0.0955. The van der Waals surface area contributed by atoms with Gasteiger partial charge in [-0.1, -0.05) is 23.8 Å². The fourth-order valence-corrected chi connectivity index (χ4v) is 2.08. The van der Waals surface area contributed by atoms with Crippen molar-refractivity contribution in [2.24, 2.45) is 5.10 Å². The van der Waals surface area contributed by atoms with Crippen LogP contribution >= 0.6 is 0 Å². The highest BCUT2D eigenvalue weighted by Gasteiger charge is 2.05. The third kappa shape index (κ3) is 4.95. The Hall–Kier alpha value is -2.62. The van der Waals surface area contributed by atoms with Crippen molar-refractivity contribution in [3.63, 3.8) is 0 Å². The summed E-state index contributed by atoms with van der Waals surface area (Å²) in [6.07, 6.45) is 1.77. The molecule has 0 bridgehead atoms. The van der Waals surface area contributed by atoms with Crippen LogP contribution in [0.5, 0.6) is 5.75 Å². The molecule has 120 valence electrons. The molecule has 23 heavy (non-hydrogen) atoms. The van der Waals surface area contributed by atoms with E-state index in [0.717, 1.165) is 22.4 Å². The van der Waals surface area contributed by atoms with Crippen LogP contribution in [0.25, 0.3) is 0 Å². The molecule has 2 aromatic carbocycles. The van der Waals surface area contributed by atoms with E-state index < -0.39 is 0 Å². The number of carbonyl (C=O) groups excluding carboxylic acids is 1. The zero-order valence-electron chi connectivity index (χ0n) is 14.0. The van der Waals surface area contributed by atoms with Crippen molar-refractivity contribution in [3.8, 4) is 5.75 Å². The van der Waals surface area contributed by atoms with Gasteiger partial charge in [0.05, 0.1) is 12.3 Å². The van der Waals surface area contributed by atoms with Crippen molar-refractivity contribution in [2.45, 2.75) is 33.8 Å². The van der Waals surface area contributed by atoms with Gasteiger partial charge in [0.15, 0.2) is 0 Å². The van der Waals surface area contributed by atoms with E-state index in [1.165, 1.54) is 0 Å². The molecule has 2 aromatic rings. The van der Waals surface area contributed by atoms with Gasteiger partial charge >= 0.3 is 0 Å². The first-order valence-corrected chi connectivity index (χ1v) is 7.63. The molecule has 0 saturated heterocycles. The van der Waals surface area contributed by atoms with E-state index in [-0.39, 0.29) is 12.0 Å². The summed E-state index contributed by atoms with van der Waals surface area (Å²) in [6.45, 7) is 7.96. The fraction of sp³-hybridized carbons (Fsp3) is 0.263. The predicted octanol–water partition coefficient (Wildman–Crippen LogP) is 3.85. The fourth-order valence-electron chi connectivity index (χ4n) is 2.08. The molecule has 0 aliphatic rings. The molecule has 0 aliphatic carbocycles. The summed E-state index contributed by atoms with van der Waals surface area (Å²) in [4.78, 5) is 12.1. The molecule has 0 aliphatic heterocycles. The van der Waals surface area contributed by atoms with E-state index >= 15 is 0 Å². The second-order valence-electron chi connectivity index (χ2n) is 5.75. The van der Waals surface area contributed by atoms with Gasteiger partial charge in [0, 0.05) is 5.56 Å². The minimum Gasteiger partial charge on any atom is -0.491 e. The summed E-state index contributed by atoms with van der Waals surface area (Å²) in [5, 5.41) is 4.03. The number of amides is 1. The van der Waals surface area contributed by atoms with E-state index in [9.17, 15) is 4.79 Å².